The molecular formula is C6H10N2O. The first-order chi connectivity index (χ1) is 4.30. The van der Waals surface area contributed by atoms with E-state index in [2.05, 4.69) is 4.98 Å². The summed E-state index contributed by atoms with van der Waals surface area (Å²) in [5, 5.41) is 0. The van der Waals surface area contributed by atoms with E-state index in [0.29, 0.717) is 5.56 Å². The molecule has 1 aromatic rings. The zero-order valence-electron chi connectivity index (χ0n) is 4.74. The molecule has 0 aliphatic rings. The number of hydrogen-bond donors (Lipinski definition) is 1. The van der Waals surface area contributed by atoms with Gasteiger partial charge in [0.1, 0.15) is 0 Å². The van der Waals surface area contributed by atoms with E-state index in [4.69, 9.17) is 5.73 Å². The monoisotopic (exact) mass is 126 g/mol. The van der Waals surface area contributed by atoms with Crippen LogP contribution < -0.4 is 5.73 Å². The maximum Gasteiger partial charge on any atom is 0.250 e. The molecule has 3 heteroatoms. The van der Waals surface area contributed by atoms with Gasteiger partial charge >= 0.3 is 0 Å². The third-order valence-electron chi connectivity index (χ3n) is 0.946. The minimum Gasteiger partial charge on any atom is -0.366 e. The fourth-order valence-corrected chi connectivity index (χ4v) is 0.509. The lowest BCUT2D eigenvalue weighted by Gasteiger charge is -1.88. The minimum atomic E-state index is -0.442. The number of amides is 1. The maximum absolute atomic E-state index is 10.4. The van der Waals surface area contributed by atoms with Crippen LogP contribution in [-0.2, 0) is 0 Å². The Bertz CT molecular complexity index is 215. The molecule has 50 valence electrons. The summed E-state index contributed by atoms with van der Waals surface area (Å²) in [5.74, 6) is -0.442. The highest BCUT2D eigenvalue weighted by Gasteiger charge is 1.94. The van der Waals surface area contributed by atoms with Gasteiger partial charge < -0.3 is 5.73 Å². The maximum atomic E-state index is 10.4. The Morgan fingerprint density at radius 2 is 2.56 bits per heavy atom. The summed E-state index contributed by atoms with van der Waals surface area (Å²) in [5.41, 5.74) is 5.38. The summed E-state index contributed by atoms with van der Waals surface area (Å²) < 4.78 is 0. The van der Waals surface area contributed by atoms with E-state index in [1.165, 1.54) is 6.20 Å². The van der Waals surface area contributed by atoms with Crippen LogP contribution in [-0.4, -0.2) is 10.9 Å². The first kappa shape index (κ1) is 5.75. The van der Waals surface area contributed by atoms with Gasteiger partial charge in [0.2, 0.25) is 5.91 Å². The molecule has 3 nitrogen and oxygen atoms in total. The van der Waals surface area contributed by atoms with E-state index >= 15 is 0 Å². The predicted molar refractivity (Wildman–Crippen MR) is 37.0 cm³/mol. The standard InChI is InChI=1S/C6H6N2O.2H2/c7-6(9)5-2-1-3-8-4-5;;/h1-4H,(H2,7,9);2*1H. The number of aromatic nitrogens is 1. The van der Waals surface area contributed by atoms with Gasteiger partial charge in [-0.2, -0.15) is 0 Å². The van der Waals surface area contributed by atoms with E-state index in [9.17, 15) is 4.79 Å². The molecule has 1 amide bonds. The van der Waals surface area contributed by atoms with Crippen LogP contribution in [0.5, 0.6) is 0 Å². The van der Waals surface area contributed by atoms with Crippen molar-refractivity contribution in [1.82, 2.24) is 4.98 Å². The first-order valence-corrected chi connectivity index (χ1v) is 2.50. The zero-order chi connectivity index (χ0) is 6.69. The number of carbonyl (C=O) groups is 1. The SMILES string of the molecule is NC(=O)c1cccnc1.[HH].[HH]. The number of carbonyl (C=O) groups excluding carboxylic acids is 1. The van der Waals surface area contributed by atoms with Gasteiger partial charge in [0.05, 0.1) is 5.56 Å². The van der Waals surface area contributed by atoms with Crippen LogP contribution in [0.2, 0.25) is 0 Å². The van der Waals surface area contributed by atoms with Crippen molar-refractivity contribution in [3.05, 3.63) is 30.1 Å². The van der Waals surface area contributed by atoms with Crippen LogP contribution >= 0.6 is 0 Å². The highest BCUT2D eigenvalue weighted by molar-refractivity contribution is 5.92. The lowest BCUT2D eigenvalue weighted by Crippen LogP contribution is -2.10. The quantitative estimate of drug-likeness (QED) is 0.601. The van der Waals surface area contributed by atoms with Gasteiger partial charge in [-0.1, -0.05) is 0 Å². The molecule has 0 aliphatic carbocycles. The highest BCUT2D eigenvalue weighted by Crippen LogP contribution is 1.91. The van der Waals surface area contributed by atoms with Crippen molar-refractivity contribution >= 4 is 5.91 Å². The normalized spacial score (nSPS) is 8.89. The van der Waals surface area contributed by atoms with Crippen molar-refractivity contribution in [2.24, 2.45) is 5.73 Å². The zero-order valence-corrected chi connectivity index (χ0v) is 4.74. The van der Waals surface area contributed by atoms with E-state index < -0.39 is 5.91 Å². The Balaban J connectivity index is 0. The van der Waals surface area contributed by atoms with Crippen LogP contribution in [0.1, 0.15) is 13.2 Å². The molecule has 0 saturated heterocycles. The second-order valence-corrected chi connectivity index (χ2v) is 1.61. The molecule has 0 unspecified atom stereocenters. The molecule has 0 bridgehead atoms. The molecular weight excluding hydrogens is 116 g/mol. The summed E-state index contributed by atoms with van der Waals surface area (Å²) in [4.78, 5) is 14.1. The second-order valence-electron chi connectivity index (χ2n) is 1.61. The molecule has 1 heterocycles. The minimum absolute atomic E-state index is 0. The molecule has 0 aliphatic heterocycles. The molecule has 0 fully saturated rings. The Labute approximate surface area is 55.5 Å². The fraction of sp³-hybridized carbons (Fsp3) is 0. The Kier molecular flexibility index (Phi) is 1.44. The van der Waals surface area contributed by atoms with Crippen LogP contribution in [0.4, 0.5) is 0 Å². The van der Waals surface area contributed by atoms with Crippen LogP contribution in [0.15, 0.2) is 24.5 Å². The number of hydrogen-bond acceptors (Lipinski definition) is 2. The molecule has 1 rings (SSSR count). The average Bonchev–Trinajstić information content (AvgIpc) is 1.90. The third-order valence-corrected chi connectivity index (χ3v) is 0.946. The summed E-state index contributed by atoms with van der Waals surface area (Å²) in [6, 6.07) is 3.29. The Morgan fingerprint density at radius 1 is 1.78 bits per heavy atom. The average molecular weight is 126 g/mol. The third kappa shape index (κ3) is 1.25. The van der Waals surface area contributed by atoms with E-state index in [1.54, 1.807) is 18.3 Å². The van der Waals surface area contributed by atoms with Gasteiger partial charge in [-0.05, 0) is 12.1 Å². The van der Waals surface area contributed by atoms with E-state index in [1.807, 2.05) is 0 Å². The van der Waals surface area contributed by atoms with Crippen molar-refractivity contribution in [3.63, 3.8) is 0 Å². The number of pyridine rings is 1. The summed E-state index contributed by atoms with van der Waals surface area (Å²) >= 11 is 0. The fourth-order valence-electron chi connectivity index (χ4n) is 0.509. The largest absolute Gasteiger partial charge is 0.366 e. The highest BCUT2D eigenvalue weighted by atomic mass is 16.1. The molecule has 0 atom stereocenters. The topological polar surface area (TPSA) is 56.0 Å². The number of rotatable bonds is 1. The lowest BCUT2D eigenvalue weighted by molar-refractivity contribution is 0.1000. The molecule has 2 N–H and O–H groups in total. The molecule has 9 heavy (non-hydrogen) atoms. The van der Waals surface area contributed by atoms with Crippen molar-refractivity contribution in [2.45, 2.75) is 0 Å². The molecule has 0 aromatic carbocycles. The number of nitrogens with two attached hydrogens (primary N) is 1. The van der Waals surface area contributed by atoms with E-state index in [-0.39, 0.29) is 2.85 Å². The summed E-state index contributed by atoms with van der Waals surface area (Å²) in [6.07, 6.45) is 3.02. The number of primary amides is 1. The first-order valence-electron chi connectivity index (χ1n) is 2.50. The second kappa shape index (κ2) is 2.26. The molecule has 1 aromatic heterocycles. The van der Waals surface area contributed by atoms with Gasteiger partial charge in [0, 0.05) is 15.2 Å². The van der Waals surface area contributed by atoms with Crippen LogP contribution in [0, 0.1) is 0 Å². The number of nitrogens with zero attached hydrogens (tertiary/aromatic N) is 1. The van der Waals surface area contributed by atoms with Gasteiger partial charge in [0.15, 0.2) is 0 Å². The van der Waals surface area contributed by atoms with Gasteiger partial charge in [-0.15, -0.1) is 0 Å². The van der Waals surface area contributed by atoms with Gasteiger partial charge in [-0.25, -0.2) is 0 Å². The van der Waals surface area contributed by atoms with Crippen LogP contribution in [0.3, 0.4) is 0 Å². The van der Waals surface area contributed by atoms with Gasteiger partial charge in [-0.3, -0.25) is 9.78 Å². The van der Waals surface area contributed by atoms with E-state index in [0.717, 1.165) is 0 Å². The lowest BCUT2D eigenvalue weighted by atomic mass is 10.3. The van der Waals surface area contributed by atoms with Crippen molar-refractivity contribution in [1.29, 1.82) is 0 Å². The van der Waals surface area contributed by atoms with Gasteiger partial charge in [0.25, 0.3) is 0 Å². The Hall–Kier alpha value is -1.38. The summed E-state index contributed by atoms with van der Waals surface area (Å²) in [6.45, 7) is 0. The van der Waals surface area contributed by atoms with Crippen molar-refractivity contribution < 1.29 is 7.65 Å². The molecule has 0 saturated carbocycles. The Morgan fingerprint density at radius 3 is 2.89 bits per heavy atom. The predicted octanol–water partition coefficient (Wildman–Crippen LogP) is 0.673. The van der Waals surface area contributed by atoms with Crippen molar-refractivity contribution in [2.75, 3.05) is 0 Å². The molecule has 0 spiro atoms. The smallest absolute Gasteiger partial charge is 0.250 e. The van der Waals surface area contributed by atoms with Crippen LogP contribution in [0.25, 0.3) is 0 Å². The molecule has 0 radical (unpaired) electrons. The summed E-state index contributed by atoms with van der Waals surface area (Å²) in [7, 11) is 0. The van der Waals surface area contributed by atoms with Crippen molar-refractivity contribution in [3.8, 4) is 0 Å².